The average molecular weight is 265 g/mol. The van der Waals surface area contributed by atoms with Crippen LogP contribution in [0.15, 0.2) is 18.2 Å². The van der Waals surface area contributed by atoms with Crippen LogP contribution in [-0.2, 0) is 0 Å². The second-order valence-corrected chi connectivity index (χ2v) is 5.41. The molecule has 0 saturated carbocycles. The predicted molar refractivity (Wildman–Crippen MR) is 81.2 cm³/mol. The Morgan fingerprint density at radius 3 is 2.21 bits per heavy atom. The molecule has 108 valence electrons. The van der Waals surface area contributed by atoms with Crippen molar-refractivity contribution < 1.29 is 4.39 Å². The van der Waals surface area contributed by atoms with Crippen molar-refractivity contribution in [1.82, 2.24) is 4.90 Å². The third-order valence-electron chi connectivity index (χ3n) is 3.93. The number of aryl methyl sites for hydroxylation is 1. The highest BCUT2D eigenvalue weighted by molar-refractivity contribution is 5.26. The van der Waals surface area contributed by atoms with E-state index in [4.69, 9.17) is 0 Å². The second kappa shape index (κ2) is 7.64. The van der Waals surface area contributed by atoms with Gasteiger partial charge in [-0.2, -0.15) is 0 Å². The summed E-state index contributed by atoms with van der Waals surface area (Å²) in [4.78, 5) is 2.50. The number of nitrogens with zero attached hydrogens (tertiary/aromatic N) is 1. The van der Waals surface area contributed by atoms with E-state index in [-0.39, 0.29) is 5.82 Å². The fourth-order valence-electron chi connectivity index (χ4n) is 2.61. The highest BCUT2D eigenvalue weighted by Crippen LogP contribution is 2.29. The largest absolute Gasteiger partial charge is 0.301 e. The summed E-state index contributed by atoms with van der Waals surface area (Å²) in [5.41, 5.74) is 1.92. The van der Waals surface area contributed by atoms with Crippen LogP contribution in [0, 0.1) is 12.7 Å². The van der Waals surface area contributed by atoms with Crippen LogP contribution in [0.4, 0.5) is 4.39 Å². The highest BCUT2D eigenvalue weighted by atomic mass is 19.1. The van der Waals surface area contributed by atoms with E-state index in [0.29, 0.717) is 12.0 Å². The van der Waals surface area contributed by atoms with Gasteiger partial charge in [0.2, 0.25) is 0 Å². The van der Waals surface area contributed by atoms with E-state index in [1.54, 1.807) is 6.07 Å². The zero-order valence-corrected chi connectivity index (χ0v) is 13.0. The maximum absolute atomic E-state index is 13.5. The van der Waals surface area contributed by atoms with Crippen molar-refractivity contribution in [2.75, 3.05) is 13.1 Å². The highest BCUT2D eigenvalue weighted by Gasteiger charge is 2.22. The summed E-state index contributed by atoms with van der Waals surface area (Å²) in [5.74, 6) is 0.480. The maximum Gasteiger partial charge on any atom is 0.126 e. The number of benzene rings is 1. The smallest absolute Gasteiger partial charge is 0.126 e. The number of rotatable bonds is 2. The fourth-order valence-corrected chi connectivity index (χ4v) is 2.61. The Balaban J connectivity index is 0.000000861. The van der Waals surface area contributed by atoms with Crippen LogP contribution in [0.2, 0.25) is 0 Å². The molecule has 19 heavy (non-hydrogen) atoms. The zero-order chi connectivity index (χ0) is 14.4. The molecule has 1 aromatic carbocycles. The normalized spacial score (nSPS) is 17.2. The molecule has 0 N–H and O–H groups in total. The molecule has 1 aliphatic heterocycles. The molecule has 1 saturated heterocycles. The van der Waals surface area contributed by atoms with E-state index in [1.165, 1.54) is 5.56 Å². The molecule has 0 spiro atoms. The molecule has 0 aromatic heterocycles. The number of hydrogen-bond donors (Lipinski definition) is 0. The predicted octanol–water partition coefficient (Wildman–Crippen LogP) is 4.75. The van der Waals surface area contributed by atoms with E-state index in [2.05, 4.69) is 24.8 Å². The monoisotopic (exact) mass is 265 g/mol. The molecule has 0 bridgehead atoms. The summed E-state index contributed by atoms with van der Waals surface area (Å²) >= 11 is 0. The van der Waals surface area contributed by atoms with E-state index >= 15 is 0 Å². The van der Waals surface area contributed by atoms with Gasteiger partial charge in [-0.15, -0.1) is 0 Å². The van der Waals surface area contributed by atoms with Gasteiger partial charge in [0, 0.05) is 6.04 Å². The quantitative estimate of drug-likeness (QED) is 0.746. The molecule has 0 amide bonds. The summed E-state index contributed by atoms with van der Waals surface area (Å²) in [6.45, 7) is 12.6. The Bertz CT molecular complexity index is 379. The summed E-state index contributed by atoms with van der Waals surface area (Å²) in [6, 6.07) is 6.35. The number of likely N-dealkylation sites (tertiary alicyclic amines) is 1. The van der Waals surface area contributed by atoms with Crippen LogP contribution < -0.4 is 0 Å². The lowest BCUT2D eigenvalue weighted by Gasteiger charge is -2.34. The molecular weight excluding hydrogens is 237 g/mol. The SMILES string of the molecule is CC.Cc1ccc(C2CCN(C(C)C)CC2)cc1F. The maximum atomic E-state index is 13.5. The number of hydrogen-bond acceptors (Lipinski definition) is 1. The molecule has 0 unspecified atom stereocenters. The Morgan fingerprint density at radius 1 is 1.16 bits per heavy atom. The Morgan fingerprint density at radius 2 is 1.74 bits per heavy atom. The summed E-state index contributed by atoms with van der Waals surface area (Å²) < 4.78 is 13.5. The Kier molecular flexibility index (Phi) is 6.50. The summed E-state index contributed by atoms with van der Waals surface area (Å²) in [7, 11) is 0. The Labute approximate surface area is 117 Å². The molecule has 1 heterocycles. The van der Waals surface area contributed by atoms with Gasteiger partial charge in [0.05, 0.1) is 0 Å². The first-order valence-electron chi connectivity index (χ1n) is 7.58. The minimum absolute atomic E-state index is 0.0613. The van der Waals surface area contributed by atoms with Crippen LogP contribution in [-0.4, -0.2) is 24.0 Å². The van der Waals surface area contributed by atoms with Crippen LogP contribution in [0.1, 0.15) is 57.6 Å². The fraction of sp³-hybridized carbons (Fsp3) is 0.647. The molecule has 0 radical (unpaired) electrons. The zero-order valence-electron chi connectivity index (χ0n) is 13.0. The van der Waals surface area contributed by atoms with Crippen LogP contribution in [0.3, 0.4) is 0 Å². The first kappa shape index (κ1) is 16.2. The van der Waals surface area contributed by atoms with Gasteiger partial charge in [0.25, 0.3) is 0 Å². The molecule has 2 heteroatoms. The molecule has 1 aliphatic rings. The van der Waals surface area contributed by atoms with E-state index in [9.17, 15) is 4.39 Å². The molecule has 0 atom stereocenters. The second-order valence-electron chi connectivity index (χ2n) is 5.41. The first-order valence-corrected chi connectivity index (χ1v) is 7.58. The van der Waals surface area contributed by atoms with Crippen LogP contribution in [0.25, 0.3) is 0 Å². The third kappa shape index (κ3) is 4.31. The van der Waals surface area contributed by atoms with Crippen molar-refractivity contribution in [2.24, 2.45) is 0 Å². The van der Waals surface area contributed by atoms with Crippen molar-refractivity contribution in [3.05, 3.63) is 35.1 Å². The van der Waals surface area contributed by atoms with Gasteiger partial charge >= 0.3 is 0 Å². The lowest BCUT2D eigenvalue weighted by molar-refractivity contribution is 0.172. The van der Waals surface area contributed by atoms with Gasteiger partial charge in [-0.05, 0) is 69.8 Å². The average Bonchev–Trinajstić information content (AvgIpc) is 2.44. The van der Waals surface area contributed by atoms with Crippen LogP contribution in [0.5, 0.6) is 0 Å². The molecule has 1 fully saturated rings. The van der Waals surface area contributed by atoms with Crippen LogP contribution >= 0.6 is 0 Å². The van der Waals surface area contributed by atoms with Crippen molar-refractivity contribution in [3.63, 3.8) is 0 Å². The van der Waals surface area contributed by atoms with Gasteiger partial charge in [0.15, 0.2) is 0 Å². The molecular formula is C17H28FN. The van der Waals surface area contributed by atoms with E-state index < -0.39 is 0 Å². The van der Waals surface area contributed by atoms with Gasteiger partial charge in [-0.3, -0.25) is 0 Å². The topological polar surface area (TPSA) is 3.24 Å². The first-order chi connectivity index (χ1) is 9.08. The lowest BCUT2D eigenvalue weighted by Crippen LogP contribution is -2.37. The van der Waals surface area contributed by atoms with E-state index in [0.717, 1.165) is 31.5 Å². The minimum Gasteiger partial charge on any atom is -0.301 e. The molecule has 1 nitrogen and oxygen atoms in total. The van der Waals surface area contributed by atoms with Crippen molar-refractivity contribution in [2.45, 2.75) is 59.4 Å². The Hall–Kier alpha value is -0.890. The summed E-state index contributed by atoms with van der Waals surface area (Å²) in [6.07, 6.45) is 2.31. The van der Waals surface area contributed by atoms with E-state index in [1.807, 2.05) is 26.8 Å². The van der Waals surface area contributed by atoms with Crippen molar-refractivity contribution in [1.29, 1.82) is 0 Å². The van der Waals surface area contributed by atoms with Gasteiger partial charge in [-0.25, -0.2) is 4.39 Å². The molecule has 2 rings (SSSR count). The van der Waals surface area contributed by atoms with Crippen molar-refractivity contribution >= 4 is 0 Å². The lowest BCUT2D eigenvalue weighted by atomic mass is 9.88. The summed E-state index contributed by atoms with van der Waals surface area (Å²) in [5, 5.41) is 0. The number of halogens is 1. The third-order valence-corrected chi connectivity index (χ3v) is 3.93. The number of piperidine rings is 1. The minimum atomic E-state index is -0.0613. The van der Waals surface area contributed by atoms with Gasteiger partial charge in [0.1, 0.15) is 5.82 Å². The van der Waals surface area contributed by atoms with Crippen molar-refractivity contribution in [3.8, 4) is 0 Å². The van der Waals surface area contributed by atoms with Gasteiger partial charge in [-0.1, -0.05) is 26.0 Å². The standard InChI is InChI=1S/C15H22FN.C2H6/c1-11(2)17-8-6-13(7-9-17)14-5-4-12(3)15(16)10-14;1-2/h4-5,10-11,13H,6-9H2,1-3H3;1-2H3. The molecule has 0 aliphatic carbocycles. The molecule has 1 aromatic rings. The van der Waals surface area contributed by atoms with Gasteiger partial charge < -0.3 is 4.90 Å².